The van der Waals surface area contributed by atoms with Crippen molar-refractivity contribution in [2.24, 2.45) is 0 Å². The summed E-state index contributed by atoms with van der Waals surface area (Å²) in [6.07, 6.45) is 2.87. The summed E-state index contributed by atoms with van der Waals surface area (Å²) in [5.74, 6) is 2.19. The molecule has 1 fully saturated rings. The molecule has 7 nitrogen and oxygen atoms in total. The van der Waals surface area contributed by atoms with E-state index in [1.165, 1.54) is 0 Å². The third-order valence-corrected chi connectivity index (χ3v) is 5.93. The van der Waals surface area contributed by atoms with Gasteiger partial charge in [-0.15, -0.1) is 5.10 Å². The van der Waals surface area contributed by atoms with Gasteiger partial charge in [0.25, 0.3) is 0 Å². The smallest absolute Gasteiger partial charge is 0.233 e. The van der Waals surface area contributed by atoms with Crippen LogP contribution in [0.25, 0.3) is 22.3 Å². The maximum atomic E-state index is 6.09. The van der Waals surface area contributed by atoms with Crippen LogP contribution >= 0.6 is 0 Å². The van der Waals surface area contributed by atoms with Crippen LogP contribution < -0.4 is 19.7 Å². The number of hydrogen-bond donors (Lipinski definition) is 1. The fourth-order valence-corrected chi connectivity index (χ4v) is 4.53. The van der Waals surface area contributed by atoms with Gasteiger partial charge in [-0.2, -0.15) is 10.1 Å². The summed E-state index contributed by atoms with van der Waals surface area (Å²) in [7, 11) is 1.59. The fourth-order valence-electron chi connectivity index (χ4n) is 4.53. The highest BCUT2D eigenvalue weighted by molar-refractivity contribution is 5.78. The normalized spacial score (nSPS) is 17.5. The third-order valence-electron chi connectivity index (χ3n) is 5.93. The molecule has 0 spiro atoms. The van der Waals surface area contributed by atoms with Gasteiger partial charge in [-0.3, -0.25) is 0 Å². The Balaban J connectivity index is 1.38. The molecule has 166 valence electrons. The molecule has 1 aromatic carbocycles. The minimum atomic E-state index is 0.118. The average molecular weight is 432 g/mol. The van der Waals surface area contributed by atoms with Gasteiger partial charge in [-0.05, 0) is 62.1 Å². The lowest BCUT2D eigenvalue weighted by Gasteiger charge is -2.26. The molecule has 2 aliphatic rings. The molecule has 0 unspecified atom stereocenters. The molecule has 0 radical (unpaired) electrons. The second-order valence-electron chi connectivity index (χ2n) is 9.50. The van der Waals surface area contributed by atoms with Crippen molar-refractivity contribution in [1.29, 1.82) is 0 Å². The Bertz CT molecular complexity index is 1140. The van der Waals surface area contributed by atoms with Crippen LogP contribution in [0, 0.1) is 0 Å². The Morgan fingerprint density at radius 3 is 2.75 bits per heavy atom. The summed E-state index contributed by atoms with van der Waals surface area (Å²) >= 11 is 0. The summed E-state index contributed by atoms with van der Waals surface area (Å²) in [6.45, 7) is 9.10. The van der Waals surface area contributed by atoms with Crippen LogP contribution in [0.5, 0.6) is 11.8 Å². The summed E-state index contributed by atoms with van der Waals surface area (Å²) in [5.41, 5.74) is 5.48. The van der Waals surface area contributed by atoms with Gasteiger partial charge in [0.15, 0.2) is 0 Å². The van der Waals surface area contributed by atoms with Gasteiger partial charge in [0, 0.05) is 41.9 Å². The first kappa shape index (κ1) is 20.7. The molecule has 1 N–H and O–H groups in total. The first-order chi connectivity index (χ1) is 15.4. The van der Waals surface area contributed by atoms with Crippen molar-refractivity contribution in [2.45, 2.75) is 45.4 Å². The van der Waals surface area contributed by atoms with Crippen molar-refractivity contribution in [3.05, 3.63) is 48.2 Å². The highest BCUT2D eigenvalue weighted by atomic mass is 16.5. The van der Waals surface area contributed by atoms with E-state index < -0.39 is 0 Å². The molecule has 1 saturated heterocycles. The lowest BCUT2D eigenvalue weighted by molar-refractivity contribution is 0.290. The van der Waals surface area contributed by atoms with E-state index in [1.807, 2.05) is 6.07 Å². The van der Waals surface area contributed by atoms with E-state index >= 15 is 0 Å². The molecule has 32 heavy (non-hydrogen) atoms. The number of ether oxygens (including phenoxy) is 2. The molecular weight excluding hydrogens is 402 g/mol. The number of nitrogens with one attached hydrogen (secondary N) is 1. The SMILES string of the molecule is COc1cc(-c2ccc3c(c2)COc2nc(N4CC[C@H](NC(C)(C)C)C4)ccc2-3)cnn1. The fraction of sp³-hybridized carbons (Fsp3) is 0.400. The van der Waals surface area contributed by atoms with Gasteiger partial charge in [0.05, 0.1) is 13.3 Å². The van der Waals surface area contributed by atoms with Crippen molar-refractivity contribution in [1.82, 2.24) is 20.5 Å². The van der Waals surface area contributed by atoms with E-state index in [4.69, 9.17) is 14.5 Å². The zero-order valence-corrected chi connectivity index (χ0v) is 19.1. The van der Waals surface area contributed by atoms with Crippen LogP contribution in [0.15, 0.2) is 42.6 Å². The van der Waals surface area contributed by atoms with Crippen LogP contribution in [-0.4, -0.2) is 47.0 Å². The van der Waals surface area contributed by atoms with E-state index in [2.05, 4.69) is 71.5 Å². The highest BCUT2D eigenvalue weighted by Gasteiger charge is 2.28. The van der Waals surface area contributed by atoms with Gasteiger partial charge in [0.2, 0.25) is 11.8 Å². The number of benzene rings is 1. The first-order valence-corrected chi connectivity index (χ1v) is 11.1. The van der Waals surface area contributed by atoms with Gasteiger partial charge < -0.3 is 19.7 Å². The maximum Gasteiger partial charge on any atom is 0.233 e. The first-order valence-electron chi connectivity index (χ1n) is 11.1. The third kappa shape index (κ3) is 4.12. The number of rotatable bonds is 4. The zero-order chi connectivity index (χ0) is 22.3. The Labute approximate surface area is 188 Å². The van der Waals surface area contributed by atoms with Crippen LogP contribution in [0.1, 0.15) is 32.8 Å². The quantitative estimate of drug-likeness (QED) is 0.667. The second-order valence-corrected chi connectivity index (χ2v) is 9.50. The van der Waals surface area contributed by atoms with Crippen LogP contribution in [0.2, 0.25) is 0 Å². The van der Waals surface area contributed by atoms with Crippen LogP contribution in [-0.2, 0) is 6.61 Å². The molecule has 2 aliphatic heterocycles. The molecule has 0 aliphatic carbocycles. The van der Waals surface area contributed by atoms with Crippen molar-refractivity contribution in [3.63, 3.8) is 0 Å². The highest BCUT2D eigenvalue weighted by Crippen LogP contribution is 2.39. The summed E-state index contributed by atoms with van der Waals surface area (Å²) < 4.78 is 11.3. The van der Waals surface area contributed by atoms with Gasteiger partial charge in [-0.25, -0.2) is 0 Å². The average Bonchev–Trinajstić information content (AvgIpc) is 3.25. The molecule has 0 amide bonds. The number of hydrogen-bond acceptors (Lipinski definition) is 7. The van der Waals surface area contributed by atoms with Crippen molar-refractivity contribution in [2.75, 3.05) is 25.1 Å². The van der Waals surface area contributed by atoms with Crippen LogP contribution in [0.4, 0.5) is 5.82 Å². The van der Waals surface area contributed by atoms with E-state index in [0.717, 1.165) is 53.1 Å². The summed E-state index contributed by atoms with van der Waals surface area (Å²) in [6, 6.07) is 13.0. The number of pyridine rings is 1. The Morgan fingerprint density at radius 1 is 1.09 bits per heavy atom. The molecule has 4 heterocycles. The Kier molecular flexibility index (Phi) is 5.21. The molecule has 5 rings (SSSR count). The van der Waals surface area contributed by atoms with E-state index in [9.17, 15) is 0 Å². The molecule has 1 atom stereocenters. The molecule has 3 aromatic rings. The molecule has 2 aromatic heterocycles. The lowest BCUT2D eigenvalue weighted by atomic mass is 9.95. The standard InChI is InChI=1S/C25H29N5O2/c1-25(2,3)28-19-9-10-30(14-19)22-8-7-21-20-6-5-16(11-18(20)15-32-24(21)27-22)17-12-23(31-4)29-26-13-17/h5-8,11-13,19,28H,9-10,14-15H2,1-4H3/t19-/m0/s1. The molecule has 0 bridgehead atoms. The number of fused-ring (bicyclic) bond motifs is 3. The minimum absolute atomic E-state index is 0.118. The van der Waals surface area contributed by atoms with E-state index in [1.54, 1.807) is 13.3 Å². The monoisotopic (exact) mass is 431 g/mol. The minimum Gasteiger partial charge on any atom is -0.480 e. The van der Waals surface area contributed by atoms with Crippen molar-refractivity contribution in [3.8, 4) is 34.0 Å². The van der Waals surface area contributed by atoms with E-state index in [-0.39, 0.29) is 5.54 Å². The van der Waals surface area contributed by atoms with Gasteiger partial charge in [0.1, 0.15) is 12.4 Å². The number of methoxy groups -OCH3 is 1. The largest absolute Gasteiger partial charge is 0.480 e. The summed E-state index contributed by atoms with van der Waals surface area (Å²) in [4.78, 5) is 7.21. The predicted molar refractivity (Wildman–Crippen MR) is 125 cm³/mol. The zero-order valence-electron chi connectivity index (χ0n) is 19.1. The Morgan fingerprint density at radius 2 is 1.94 bits per heavy atom. The predicted octanol–water partition coefficient (Wildman–Crippen LogP) is 4.07. The van der Waals surface area contributed by atoms with E-state index in [0.29, 0.717) is 24.4 Å². The van der Waals surface area contributed by atoms with Gasteiger partial charge in [-0.1, -0.05) is 12.1 Å². The number of nitrogens with zero attached hydrogens (tertiary/aromatic N) is 4. The maximum absolute atomic E-state index is 6.09. The molecule has 7 heteroatoms. The van der Waals surface area contributed by atoms with Crippen molar-refractivity contribution < 1.29 is 9.47 Å². The van der Waals surface area contributed by atoms with Crippen molar-refractivity contribution >= 4 is 5.82 Å². The Hall–Kier alpha value is -3.19. The van der Waals surface area contributed by atoms with Gasteiger partial charge >= 0.3 is 0 Å². The number of aromatic nitrogens is 3. The molecular formula is C25H29N5O2. The topological polar surface area (TPSA) is 72.4 Å². The number of anilines is 1. The lowest BCUT2D eigenvalue weighted by Crippen LogP contribution is -2.44. The van der Waals surface area contributed by atoms with Crippen LogP contribution in [0.3, 0.4) is 0 Å². The molecule has 0 saturated carbocycles. The summed E-state index contributed by atoms with van der Waals surface area (Å²) in [5, 5.41) is 11.7. The second kappa shape index (κ2) is 8.06.